The zero-order valence-electron chi connectivity index (χ0n) is 7.38. The fraction of sp³-hybridized carbons (Fsp3) is 0.889. The van der Waals surface area contributed by atoms with E-state index >= 15 is 0 Å². The Kier molecular flexibility index (Phi) is 3.06. The molecule has 1 rings (SSSR count). The van der Waals surface area contributed by atoms with Gasteiger partial charge in [0.05, 0.1) is 19.6 Å². The quantitative estimate of drug-likeness (QED) is 0.446. The van der Waals surface area contributed by atoms with Gasteiger partial charge < -0.3 is 0 Å². The summed E-state index contributed by atoms with van der Waals surface area (Å²) in [5.74, 6) is 0. The first-order valence-electron chi connectivity index (χ1n) is 4.65. The SMILES string of the molecule is CCCC[N+]1(C=O)CCCC1. The maximum Gasteiger partial charge on any atom is 0.301 e. The smallest absolute Gasteiger partial charge is 0.263 e. The summed E-state index contributed by atoms with van der Waals surface area (Å²) in [4.78, 5) is 10.8. The van der Waals surface area contributed by atoms with E-state index in [1.165, 1.54) is 25.7 Å². The average molecular weight is 156 g/mol. The minimum atomic E-state index is 0.744. The molecule has 0 spiro atoms. The molecule has 11 heavy (non-hydrogen) atoms. The van der Waals surface area contributed by atoms with Gasteiger partial charge in [-0.15, -0.1) is 0 Å². The Morgan fingerprint density at radius 2 is 2.00 bits per heavy atom. The van der Waals surface area contributed by atoms with Crippen molar-refractivity contribution in [2.24, 2.45) is 0 Å². The van der Waals surface area contributed by atoms with E-state index in [0.717, 1.165) is 30.5 Å². The van der Waals surface area contributed by atoms with Gasteiger partial charge in [0.15, 0.2) is 0 Å². The monoisotopic (exact) mass is 156 g/mol. The Morgan fingerprint density at radius 3 is 2.45 bits per heavy atom. The van der Waals surface area contributed by atoms with Gasteiger partial charge in [-0.1, -0.05) is 13.3 Å². The zero-order chi connectivity index (χ0) is 8.16. The number of quaternary nitrogens is 1. The first kappa shape index (κ1) is 8.72. The van der Waals surface area contributed by atoms with Gasteiger partial charge in [0.1, 0.15) is 0 Å². The number of nitrogens with zero attached hydrogens (tertiary/aromatic N) is 1. The molecule has 1 aliphatic rings. The summed E-state index contributed by atoms with van der Waals surface area (Å²) >= 11 is 0. The topological polar surface area (TPSA) is 17.1 Å². The molecule has 1 amide bonds. The summed E-state index contributed by atoms with van der Waals surface area (Å²) in [6.45, 7) is 5.42. The molecular formula is C9H18NO+. The molecule has 0 bridgehead atoms. The van der Waals surface area contributed by atoms with Crippen LogP contribution in [0.1, 0.15) is 32.6 Å². The Labute approximate surface area is 68.8 Å². The summed E-state index contributed by atoms with van der Waals surface area (Å²) < 4.78 is 0.744. The summed E-state index contributed by atoms with van der Waals surface area (Å²) in [6, 6.07) is 0. The first-order chi connectivity index (χ1) is 5.33. The molecule has 2 heteroatoms. The van der Waals surface area contributed by atoms with E-state index in [0.29, 0.717) is 0 Å². The van der Waals surface area contributed by atoms with Gasteiger partial charge >= 0.3 is 6.41 Å². The van der Waals surface area contributed by atoms with Crippen molar-refractivity contribution in [1.29, 1.82) is 0 Å². The molecule has 0 atom stereocenters. The van der Waals surface area contributed by atoms with E-state index in [-0.39, 0.29) is 0 Å². The van der Waals surface area contributed by atoms with Crippen LogP contribution in [-0.2, 0) is 4.79 Å². The van der Waals surface area contributed by atoms with Crippen LogP contribution in [0.15, 0.2) is 0 Å². The van der Waals surface area contributed by atoms with Crippen molar-refractivity contribution in [3.63, 3.8) is 0 Å². The maximum absolute atomic E-state index is 10.8. The van der Waals surface area contributed by atoms with Crippen molar-refractivity contribution in [1.82, 2.24) is 0 Å². The number of hydrogen-bond acceptors (Lipinski definition) is 1. The molecule has 0 unspecified atom stereocenters. The molecule has 0 aromatic heterocycles. The molecule has 64 valence electrons. The number of hydrogen-bond donors (Lipinski definition) is 0. The fourth-order valence-corrected chi connectivity index (χ4v) is 1.82. The van der Waals surface area contributed by atoms with Gasteiger partial charge in [0, 0.05) is 12.8 Å². The van der Waals surface area contributed by atoms with Gasteiger partial charge in [-0.2, -0.15) is 0 Å². The number of unbranched alkanes of at least 4 members (excludes halogenated alkanes) is 1. The summed E-state index contributed by atoms with van der Waals surface area (Å²) in [6.07, 6.45) is 6.03. The second kappa shape index (κ2) is 3.86. The number of rotatable bonds is 4. The molecule has 1 heterocycles. The van der Waals surface area contributed by atoms with Gasteiger partial charge in [-0.05, 0) is 6.42 Å². The van der Waals surface area contributed by atoms with Crippen LogP contribution < -0.4 is 0 Å². The van der Waals surface area contributed by atoms with E-state index in [2.05, 4.69) is 6.92 Å². The van der Waals surface area contributed by atoms with E-state index in [4.69, 9.17) is 0 Å². The Hall–Kier alpha value is -0.370. The molecule has 0 saturated carbocycles. The molecule has 1 fully saturated rings. The lowest BCUT2D eigenvalue weighted by Gasteiger charge is -2.25. The first-order valence-corrected chi connectivity index (χ1v) is 4.65. The minimum absolute atomic E-state index is 0.744. The standard InChI is InChI=1S/C9H18NO/c1-2-3-6-10(9-11)7-4-5-8-10/h9H,2-8H2,1H3/q+1. The highest BCUT2D eigenvalue weighted by atomic mass is 16.1. The Bertz CT molecular complexity index is 128. The van der Waals surface area contributed by atoms with Crippen LogP contribution in [0.25, 0.3) is 0 Å². The predicted molar refractivity (Wildman–Crippen MR) is 45.1 cm³/mol. The van der Waals surface area contributed by atoms with E-state index in [1.807, 2.05) is 0 Å². The summed E-state index contributed by atoms with van der Waals surface area (Å²) in [7, 11) is 0. The molecule has 0 aromatic rings. The highest BCUT2D eigenvalue weighted by Gasteiger charge is 2.30. The Morgan fingerprint density at radius 1 is 1.36 bits per heavy atom. The van der Waals surface area contributed by atoms with E-state index in [9.17, 15) is 4.79 Å². The molecule has 0 aromatic carbocycles. The minimum Gasteiger partial charge on any atom is -0.263 e. The molecule has 2 nitrogen and oxygen atoms in total. The van der Waals surface area contributed by atoms with Crippen molar-refractivity contribution in [3.8, 4) is 0 Å². The molecule has 1 aliphatic heterocycles. The van der Waals surface area contributed by atoms with Crippen LogP contribution in [0, 0.1) is 0 Å². The van der Waals surface area contributed by atoms with Crippen molar-refractivity contribution >= 4 is 6.41 Å². The summed E-state index contributed by atoms with van der Waals surface area (Å²) in [5.41, 5.74) is 0. The van der Waals surface area contributed by atoms with E-state index in [1.54, 1.807) is 0 Å². The third-order valence-electron chi connectivity index (χ3n) is 2.64. The summed E-state index contributed by atoms with van der Waals surface area (Å²) in [5, 5.41) is 0. The van der Waals surface area contributed by atoms with Crippen LogP contribution in [0.5, 0.6) is 0 Å². The van der Waals surface area contributed by atoms with Gasteiger partial charge in [-0.3, -0.25) is 4.48 Å². The molecule has 0 N–H and O–H groups in total. The second-order valence-corrected chi connectivity index (χ2v) is 3.56. The molecule has 0 aliphatic carbocycles. The average Bonchev–Trinajstić information content (AvgIpc) is 2.50. The van der Waals surface area contributed by atoms with Crippen molar-refractivity contribution in [2.45, 2.75) is 32.6 Å². The highest BCUT2D eigenvalue weighted by molar-refractivity contribution is 5.37. The van der Waals surface area contributed by atoms with Crippen molar-refractivity contribution < 1.29 is 9.28 Å². The van der Waals surface area contributed by atoms with Crippen LogP contribution in [-0.4, -0.2) is 30.5 Å². The molecule has 1 saturated heterocycles. The Balaban J connectivity index is 2.39. The third kappa shape index (κ3) is 2.03. The predicted octanol–water partition coefficient (Wildman–Crippen LogP) is 1.55. The van der Waals surface area contributed by atoms with Crippen LogP contribution in [0.3, 0.4) is 0 Å². The van der Waals surface area contributed by atoms with Crippen LogP contribution >= 0.6 is 0 Å². The van der Waals surface area contributed by atoms with Gasteiger partial charge in [0.2, 0.25) is 0 Å². The lowest BCUT2D eigenvalue weighted by atomic mass is 10.3. The largest absolute Gasteiger partial charge is 0.301 e. The number of likely N-dealkylation sites (tertiary alicyclic amines) is 1. The normalized spacial score (nSPS) is 21.9. The van der Waals surface area contributed by atoms with Gasteiger partial charge in [-0.25, -0.2) is 4.79 Å². The number of amides is 1. The lowest BCUT2D eigenvalue weighted by Crippen LogP contribution is -2.44. The van der Waals surface area contributed by atoms with E-state index < -0.39 is 0 Å². The van der Waals surface area contributed by atoms with Gasteiger partial charge in [0.25, 0.3) is 0 Å². The molecule has 0 radical (unpaired) electrons. The number of carbonyl (C=O) groups is 1. The van der Waals surface area contributed by atoms with Crippen LogP contribution in [0.2, 0.25) is 0 Å². The zero-order valence-corrected chi connectivity index (χ0v) is 7.38. The van der Waals surface area contributed by atoms with Crippen LogP contribution in [0.4, 0.5) is 0 Å². The molecular weight excluding hydrogens is 138 g/mol. The third-order valence-corrected chi connectivity index (χ3v) is 2.64. The fourth-order valence-electron chi connectivity index (χ4n) is 1.82. The van der Waals surface area contributed by atoms with Crippen molar-refractivity contribution in [3.05, 3.63) is 0 Å². The highest BCUT2D eigenvalue weighted by Crippen LogP contribution is 2.17. The van der Waals surface area contributed by atoms with Crippen molar-refractivity contribution in [2.75, 3.05) is 19.6 Å². The second-order valence-electron chi connectivity index (χ2n) is 3.56. The number of carbonyl (C=O) groups excluding carboxylic acids is 1. The lowest BCUT2D eigenvalue weighted by molar-refractivity contribution is -0.833. The maximum atomic E-state index is 10.8.